The average Bonchev–Trinajstić information content (AvgIpc) is 2.48. The van der Waals surface area contributed by atoms with E-state index in [0.29, 0.717) is 4.83 Å². The lowest BCUT2D eigenvalue weighted by molar-refractivity contribution is 0.257. The van der Waals surface area contributed by atoms with Gasteiger partial charge in [-0.05, 0) is 61.3 Å². The molecule has 0 bridgehead atoms. The van der Waals surface area contributed by atoms with Crippen LogP contribution in [0.25, 0.3) is 0 Å². The van der Waals surface area contributed by atoms with Gasteiger partial charge in [0.25, 0.3) is 0 Å². The molecule has 1 aliphatic carbocycles. The second-order valence-electron chi connectivity index (χ2n) is 6.78. The maximum Gasteiger partial charge on any atom is 0.0426 e. The molecule has 0 nitrogen and oxygen atoms in total. The number of rotatable bonds is 5. The highest BCUT2D eigenvalue weighted by molar-refractivity contribution is 9.10. The summed E-state index contributed by atoms with van der Waals surface area (Å²) >= 11 is 7.66. The van der Waals surface area contributed by atoms with Gasteiger partial charge in [-0.25, -0.2) is 0 Å². The Balaban J connectivity index is 1.99. The maximum atomic E-state index is 4.01. The predicted octanol–water partition coefficient (Wildman–Crippen LogP) is 7.50. The number of hydrogen-bond acceptors (Lipinski definition) is 0. The molecule has 0 heterocycles. The Kier molecular flexibility index (Phi) is 6.80. The van der Waals surface area contributed by atoms with Crippen LogP contribution in [0, 0.1) is 25.7 Å². The van der Waals surface area contributed by atoms with Gasteiger partial charge in [-0.3, -0.25) is 0 Å². The molecule has 0 N–H and O–H groups in total. The van der Waals surface area contributed by atoms with Gasteiger partial charge in [-0.15, -0.1) is 0 Å². The van der Waals surface area contributed by atoms with Crippen molar-refractivity contribution in [2.45, 2.75) is 70.5 Å². The minimum absolute atomic E-state index is 0.524. The highest BCUT2D eigenvalue weighted by atomic mass is 79.9. The van der Waals surface area contributed by atoms with Crippen LogP contribution < -0.4 is 0 Å². The van der Waals surface area contributed by atoms with Crippen molar-refractivity contribution in [2.24, 2.45) is 11.8 Å². The van der Waals surface area contributed by atoms with Gasteiger partial charge >= 0.3 is 0 Å². The Morgan fingerprint density at radius 3 is 2.38 bits per heavy atom. The quantitative estimate of drug-likeness (QED) is 0.436. The van der Waals surface area contributed by atoms with Crippen LogP contribution in [-0.2, 0) is 0 Å². The molecule has 21 heavy (non-hydrogen) atoms. The van der Waals surface area contributed by atoms with Crippen molar-refractivity contribution >= 4 is 31.9 Å². The van der Waals surface area contributed by atoms with Gasteiger partial charge in [0.15, 0.2) is 0 Å². The van der Waals surface area contributed by atoms with E-state index >= 15 is 0 Å². The van der Waals surface area contributed by atoms with Crippen molar-refractivity contribution in [1.29, 1.82) is 0 Å². The van der Waals surface area contributed by atoms with Gasteiger partial charge in [0.2, 0.25) is 0 Å². The molecule has 118 valence electrons. The second kappa shape index (κ2) is 8.15. The van der Waals surface area contributed by atoms with Crippen LogP contribution in [0.4, 0.5) is 0 Å². The Hall–Kier alpha value is 0.180. The largest absolute Gasteiger partial charge is 0.0836 e. The van der Waals surface area contributed by atoms with Crippen LogP contribution in [0.1, 0.15) is 73.4 Å². The van der Waals surface area contributed by atoms with Gasteiger partial charge in [0.05, 0.1) is 0 Å². The van der Waals surface area contributed by atoms with Gasteiger partial charge < -0.3 is 0 Å². The highest BCUT2D eigenvalue weighted by Gasteiger charge is 2.27. The summed E-state index contributed by atoms with van der Waals surface area (Å²) in [5, 5.41) is 0. The third-order valence-electron chi connectivity index (χ3n) is 5.12. The van der Waals surface area contributed by atoms with E-state index in [1.54, 1.807) is 0 Å². The van der Waals surface area contributed by atoms with Crippen LogP contribution in [0.3, 0.4) is 0 Å². The summed E-state index contributed by atoms with van der Waals surface area (Å²) in [7, 11) is 0. The summed E-state index contributed by atoms with van der Waals surface area (Å²) in [4.78, 5) is 0.524. The van der Waals surface area contributed by atoms with Gasteiger partial charge in [0.1, 0.15) is 0 Å². The first-order valence-electron chi connectivity index (χ1n) is 8.43. The standard InChI is InChI=1S/C19H28Br2/c1-4-5-6-15-7-9-16(10-8-15)19(21)17-11-14(3)18(20)12-13(17)2/h11-12,15-16,19H,4-10H2,1-3H3. The lowest BCUT2D eigenvalue weighted by atomic mass is 9.77. The number of hydrogen-bond donors (Lipinski definition) is 0. The molecule has 1 unspecified atom stereocenters. The first kappa shape index (κ1) is 17.5. The minimum atomic E-state index is 0.524. The second-order valence-corrected chi connectivity index (χ2v) is 8.62. The van der Waals surface area contributed by atoms with Crippen molar-refractivity contribution in [3.63, 3.8) is 0 Å². The molecule has 0 radical (unpaired) electrons. The van der Waals surface area contributed by atoms with Crippen molar-refractivity contribution in [3.8, 4) is 0 Å². The molecule has 2 heteroatoms. The van der Waals surface area contributed by atoms with Crippen molar-refractivity contribution in [3.05, 3.63) is 33.3 Å². The summed E-state index contributed by atoms with van der Waals surface area (Å²) < 4.78 is 1.23. The Morgan fingerprint density at radius 1 is 1.10 bits per heavy atom. The fourth-order valence-electron chi connectivity index (χ4n) is 3.62. The molecule has 1 fully saturated rings. The fraction of sp³-hybridized carbons (Fsp3) is 0.684. The zero-order valence-corrected chi connectivity index (χ0v) is 16.8. The third-order valence-corrected chi connectivity index (χ3v) is 7.21. The minimum Gasteiger partial charge on any atom is -0.0836 e. The maximum absolute atomic E-state index is 4.01. The van der Waals surface area contributed by atoms with Crippen LogP contribution in [0.2, 0.25) is 0 Å². The molecule has 0 aromatic heterocycles. The van der Waals surface area contributed by atoms with Crippen LogP contribution in [0.15, 0.2) is 16.6 Å². The molecule has 0 aliphatic heterocycles. The van der Waals surface area contributed by atoms with Gasteiger partial charge in [-0.1, -0.05) is 77.0 Å². The topological polar surface area (TPSA) is 0 Å². The normalized spacial score (nSPS) is 24.0. The number of aryl methyl sites for hydroxylation is 2. The molecule has 1 aromatic carbocycles. The van der Waals surface area contributed by atoms with E-state index in [4.69, 9.17) is 0 Å². The van der Waals surface area contributed by atoms with E-state index in [0.717, 1.165) is 11.8 Å². The molecule has 0 amide bonds. The Bertz CT molecular complexity index is 459. The van der Waals surface area contributed by atoms with Gasteiger partial charge in [-0.2, -0.15) is 0 Å². The average molecular weight is 416 g/mol. The molecule has 1 aromatic rings. The van der Waals surface area contributed by atoms with E-state index in [-0.39, 0.29) is 0 Å². The van der Waals surface area contributed by atoms with E-state index in [2.05, 4.69) is 64.8 Å². The molecule has 1 aliphatic rings. The molecular formula is C19H28Br2. The number of benzene rings is 1. The van der Waals surface area contributed by atoms with Crippen molar-refractivity contribution < 1.29 is 0 Å². The van der Waals surface area contributed by atoms with Crippen LogP contribution >= 0.6 is 31.9 Å². The lowest BCUT2D eigenvalue weighted by Crippen LogP contribution is -2.18. The van der Waals surface area contributed by atoms with E-state index in [9.17, 15) is 0 Å². The molecular weight excluding hydrogens is 388 g/mol. The van der Waals surface area contributed by atoms with E-state index < -0.39 is 0 Å². The zero-order valence-electron chi connectivity index (χ0n) is 13.6. The SMILES string of the molecule is CCCCC1CCC(C(Br)c2cc(C)c(Br)cc2C)CC1. The molecule has 0 saturated heterocycles. The van der Waals surface area contributed by atoms with Crippen molar-refractivity contribution in [2.75, 3.05) is 0 Å². The monoisotopic (exact) mass is 414 g/mol. The van der Waals surface area contributed by atoms with Crippen molar-refractivity contribution in [1.82, 2.24) is 0 Å². The molecule has 2 rings (SSSR count). The Labute approximate surface area is 147 Å². The summed E-state index contributed by atoms with van der Waals surface area (Å²) in [6.45, 7) is 6.73. The van der Waals surface area contributed by atoms with Gasteiger partial charge in [0, 0.05) is 9.30 Å². The summed E-state index contributed by atoms with van der Waals surface area (Å²) in [5.41, 5.74) is 4.24. The summed E-state index contributed by atoms with van der Waals surface area (Å²) in [5.74, 6) is 1.80. The van der Waals surface area contributed by atoms with Crippen LogP contribution in [-0.4, -0.2) is 0 Å². The first-order chi connectivity index (χ1) is 10.0. The van der Waals surface area contributed by atoms with E-state index in [1.165, 1.54) is 66.1 Å². The molecule has 1 atom stereocenters. The number of unbranched alkanes of at least 4 members (excludes halogenated alkanes) is 1. The zero-order chi connectivity index (χ0) is 15.4. The summed E-state index contributed by atoms with van der Waals surface area (Å²) in [6.07, 6.45) is 9.85. The fourth-order valence-corrected chi connectivity index (χ4v) is 5.10. The number of alkyl halides is 1. The van der Waals surface area contributed by atoms with E-state index in [1.807, 2.05) is 0 Å². The lowest BCUT2D eigenvalue weighted by Gasteiger charge is -2.32. The van der Waals surface area contributed by atoms with Crippen LogP contribution in [0.5, 0.6) is 0 Å². The first-order valence-corrected chi connectivity index (χ1v) is 10.1. The molecule has 1 saturated carbocycles. The third kappa shape index (κ3) is 4.58. The Morgan fingerprint density at radius 2 is 1.76 bits per heavy atom. The predicted molar refractivity (Wildman–Crippen MR) is 100 cm³/mol. The number of halogens is 2. The highest BCUT2D eigenvalue weighted by Crippen LogP contribution is 2.44. The smallest absolute Gasteiger partial charge is 0.0426 e. The molecule has 0 spiro atoms. The summed E-state index contributed by atoms with van der Waals surface area (Å²) in [6, 6.07) is 4.63.